The quantitative estimate of drug-likeness (QED) is 0.671. The SMILES string of the molecule is O=C(O)CCS(=O)(=O)N1CCC2(CC1)NC(=O)N(Cc1ccccc1)C2=O. The Balaban J connectivity index is 1.66. The molecule has 10 heteroatoms. The maximum Gasteiger partial charge on any atom is 0.325 e. The van der Waals surface area contributed by atoms with Crippen molar-refractivity contribution in [2.45, 2.75) is 31.3 Å². The Labute approximate surface area is 157 Å². The number of nitrogens with one attached hydrogen (secondary N) is 1. The lowest BCUT2D eigenvalue weighted by atomic mass is 9.88. The van der Waals surface area contributed by atoms with Gasteiger partial charge >= 0.3 is 12.0 Å². The largest absolute Gasteiger partial charge is 0.481 e. The van der Waals surface area contributed by atoms with Crippen LogP contribution in [0.15, 0.2) is 30.3 Å². The first kappa shape index (κ1) is 19.3. The van der Waals surface area contributed by atoms with Crippen LogP contribution in [-0.4, -0.2) is 65.0 Å². The lowest BCUT2D eigenvalue weighted by Crippen LogP contribution is -2.56. The number of piperidine rings is 1. The van der Waals surface area contributed by atoms with Gasteiger partial charge in [0.1, 0.15) is 5.54 Å². The first-order valence-corrected chi connectivity index (χ1v) is 10.2. The van der Waals surface area contributed by atoms with E-state index in [0.29, 0.717) is 0 Å². The summed E-state index contributed by atoms with van der Waals surface area (Å²) >= 11 is 0. The molecular formula is C17H21N3O6S. The standard InChI is InChI=1S/C17H21N3O6S/c21-14(22)6-11-27(25,26)19-9-7-17(8-10-19)15(23)20(16(24)18-17)12-13-4-2-1-3-5-13/h1-5H,6-12H2,(H,18,24)(H,21,22). The third kappa shape index (κ3) is 3.96. The van der Waals surface area contributed by atoms with Crippen LogP contribution < -0.4 is 5.32 Å². The molecule has 3 rings (SSSR count). The van der Waals surface area contributed by atoms with E-state index in [-0.39, 0.29) is 38.4 Å². The summed E-state index contributed by atoms with van der Waals surface area (Å²) in [6.07, 6.45) is -0.144. The van der Waals surface area contributed by atoms with E-state index in [4.69, 9.17) is 5.11 Å². The number of amides is 3. The van der Waals surface area contributed by atoms with E-state index in [1.807, 2.05) is 30.3 Å². The molecule has 146 valence electrons. The van der Waals surface area contributed by atoms with E-state index < -0.39 is 39.7 Å². The van der Waals surface area contributed by atoms with E-state index in [1.165, 1.54) is 4.31 Å². The molecule has 0 unspecified atom stereocenters. The van der Waals surface area contributed by atoms with Crippen molar-refractivity contribution in [2.24, 2.45) is 0 Å². The summed E-state index contributed by atoms with van der Waals surface area (Å²) in [6.45, 7) is 0.286. The Morgan fingerprint density at radius 1 is 1.15 bits per heavy atom. The molecule has 2 aliphatic heterocycles. The number of sulfonamides is 1. The molecule has 0 aromatic heterocycles. The molecule has 1 spiro atoms. The molecule has 0 saturated carbocycles. The van der Waals surface area contributed by atoms with Gasteiger partial charge in [0.15, 0.2) is 0 Å². The van der Waals surface area contributed by atoms with Crippen LogP contribution in [0.4, 0.5) is 4.79 Å². The van der Waals surface area contributed by atoms with E-state index in [9.17, 15) is 22.8 Å². The van der Waals surface area contributed by atoms with Gasteiger partial charge in [0.05, 0.1) is 18.7 Å². The highest BCUT2D eigenvalue weighted by Crippen LogP contribution is 2.31. The van der Waals surface area contributed by atoms with Crippen molar-refractivity contribution in [3.05, 3.63) is 35.9 Å². The van der Waals surface area contributed by atoms with Gasteiger partial charge in [-0.15, -0.1) is 0 Å². The van der Waals surface area contributed by atoms with Gasteiger partial charge in [-0.25, -0.2) is 17.5 Å². The summed E-state index contributed by atoms with van der Waals surface area (Å²) < 4.78 is 25.6. The van der Waals surface area contributed by atoms with Crippen LogP contribution in [0.1, 0.15) is 24.8 Å². The number of carbonyl (C=O) groups is 3. The predicted molar refractivity (Wildman–Crippen MR) is 95.1 cm³/mol. The Hall–Kier alpha value is -2.46. The molecular weight excluding hydrogens is 374 g/mol. The first-order valence-electron chi connectivity index (χ1n) is 8.61. The van der Waals surface area contributed by atoms with Crippen molar-refractivity contribution in [3.8, 4) is 0 Å². The summed E-state index contributed by atoms with van der Waals surface area (Å²) in [7, 11) is -3.70. The van der Waals surface area contributed by atoms with Gasteiger partial charge in [-0.2, -0.15) is 0 Å². The summed E-state index contributed by atoms with van der Waals surface area (Å²) in [5.74, 6) is -2.00. The lowest BCUT2D eigenvalue weighted by Gasteiger charge is -2.36. The zero-order chi connectivity index (χ0) is 19.7. The van der Waals surface area contributed by atoms with Gasteiger partial charge in [0.25, 0.3) is 5.91 Å². The highest BCUT2D eigenvalue weighted by atomic mass is 32.2. The number of aliphatic carboxylic acids is 1. The number of hydrogen-bond acceptors (Lipinski definition) is 5. The van der Waals surface area contributed by atoms with E-state index in [1.54, 1.807) is 0 Å². The highest BCUT2D eigenvalue weighted by Gasteiger charge is 2.53. The second-order valence-electron chi connectivity index (χ2n) is 6.75. The van der Waals surface area contributed by atoms with Crippen LogP contribution in [0, 0.1) is 0 Å². The van der Waals surface area contributed by atoms with E-state index in [2.05, 4.69) is 5.32 Å². The zero-order valence-electron chi connectivity index (χ0n) is 14.6. The van der Waals surface area contributed by atoms with Crippen molar-refractivity contribution in [2.75, 3.05) is 18.8 Å². The van der Waals surface area contributed by atoms with Crippen molar-refractivity contribution in [1.29, 1.82) is 0 Å². The summed E-state index contributed by atoms with van der Waals surface area (Å²) in [4.78, 5) is 37.0. The van der Waals surface area contributed by atoms with Crippen LogP contribution in [-0.2, 0) is 26.2 Å². The maximum absolute atomic E-state index is 12.9. The van der Waals surface area contributed by atoms with Crippen LogP contribution in [0.5, 0.6) is 0 Å². The number of carboxylic acid groups (broad SMARTS) is 1. The highest BCUT2D eigenvalue weighted by molar-refractivity contribution is 7.89. The second kappa shape index (κ2) is 7.28. The summed E-state index contributed by atoms with van der Waals surface area (Å²) in [6, 6.07) is 8.66. The molecule has 1 aromatic rings. The van der Waals surface area contributed by atoms with Gasteiger partial charge in [-0.3, -0.25) is 14.5 Å². The van der Waals surface area contributed by atoms with Gasteiger partial charge in [-0.05, 0) is 18.4 Å². The van der Waals surface area contributed by atoms with Gasteiger partial charge in [0.2, 0.25) is 10.0 Å². The molecule has 2 aliphatic rings. The molecule has 2 saturated heterocycles. The minimum Gasteiger partial charge on any atom is -0.481 e. The molecule has 3 amide bonds. The number of hydrogen-bond donors (Lipinski definition) is 2. The zero-order valence-corrected chi connectivity index (χ0v) is 15.4. The molecule has 2 N–H and O–H groups in total. The molecule has 0 atom stereocenters. The normalized spacial score (nSPS) is 20.1. The Morgan fingerprint density at radius 2 is 1.78 bits per heavy atom. The van der Waals surface area contributed by atoms with Gasteiger partial charge in [0, 0.05) is 13.1 Å². The Bertz CT molecular complexity index is 847. The minimum atomic E-state index is -3.70. The van der Waals surface area contributed by atoms with E-state index >= 15 is 0 Å². The number of carbonyl (C=O) groups excluding carboxylic acids is 2. The number of imide groups is 1. The topological polar surface area (TPSA) is 124 Å². The second-order valence-corrected chi connectivity index (χ2v) is 8.84. The lowest BCUT2D eigenvalue weighted by molar-refractivity contribution is -0.136. The number of rotatable bonds is 6. The molecule has 1 aromatic carbocycles. The molecule has 0 aliphatic carbocycles. The smallest absolute Gasteiger partial charge is 0.325 e. The predicted octanol–water partition coefficient (Wildman–Crippen LogP) is 0.378. The van der Waals surface area contributed by atoms with Crippen LogP contribution in [0.2, 0.25) is 0 Å². The molecule has 27 heavy (non-hydrogen) atoms. The average Bonchev–Trinajstić information content (AvgIpc) is 2.86. The fourth-order valence-corrected chi connectivity index (χ4v) is 4.85. The fourth-order valence-electron chi connectivity index (χ4n) is 3.42. The fraction of sp³-hybridized carbons (Fsp3) is 0.471. The first-order chi connectivity index (χ1) is 12.7. The van der Waals surface area contributed by atoms with Crippen molar-refractivity contribution < 1.29 is 27.9 Å². The van der Waals surface area contributed by atoms with Crippen molar-refractivity contribution >= 4 is 27.9 Å². The minimum absolute atomic E-state index is 0.0626. The molecule has 0 bridgehead atoms. The van der Waals surface area contributed by atoms with Crippen molar-refractivity contribution in [3.63, 3.8) is 0 Å². The maximum atomic E-state index is 12.9. The number of urea groups is 1. The Morgan fingerprint density at radius 3 is 2.37 bits per heavy atom. The average molecular weight is 395 g/mol. The van der Waals surface area contributed by atoms with Crippen LogP contribution >= 0.6 is 0 Å². The molecule has 2 fully saturated rings. The molecule has 0 radical (unpaired) electrons. The van der Waals surface area contributed by atoms with E-state index in [0.717, 1.165) is 10.5 Å². The van der Waals surface area contributed by atoms with Crippen LogP contribution in [0.3, 0.4) is 0 Å². The van der Waals surface area contributed by atoms with Crippen molar-refractivity contribution in [1.82, 2.24) is 14.5 Å². The van der Waals surface area contributed by atoms with Gasteiger partial charge < -0.3 is 10.4 Å². The van der Waals surface area contributed by atoms with Crippen LogP contribution in [0.25, 0.3) is 0 Å². The monoisotopic (exact) mass is 395 g/mol. The van der Waals surface area contributed by atoms with Gasteiger partial charge in [-0.1, -0.05) is 30.3 Å². The Kier molecular flexibility index (Phi) is 5.20. The third-order valence-electron chi connectivity index (χ3n) is 4.97. The summed E-state index contributed by atoms with van der Waals surface area (Å²) in [5, 5.41) is 11.4. The number of nitrogens with zero attached hydrogens (tertiary/aromatic N) is 2. The summed E-state index contributed by atoms with van der Waals surface area (Å²) in [5.41, 5.74) is -0.267. The third-order valence-corrected chi connectivity index (χ3v) is 6.84. The number of carboxylic acids is 1. The molecule has 2 heterocycles. The number of benzene rings is 1. The molecule has 9 nitrogen and oxygen atoms in total.